The van der Waals surface area contributed by atoms with Gasteiger partial charge in [0.25, 0.3) is 0 Å². The molecule has 3 amide bonds. The summed E-state index contributed by atoms with van der Waals surface area (Å²) in [6.07, 6.45) is -3.27. The lowest BCUT2D eigenvalue weighted by Crippen LogP contribution is -2.49. The number of hydrogen-bond donors (Lipinski definition) is 2. The third-order valence-corrected chi connectivity index (χ3v) is 4.28. The quantitative estimate of drug-likeness (QED) is 0.805. The first-order chi connectivity index (χ1) is 13.6. The molecule has 1 atom stereocenters. The number of carbonyl (C=O) groups excluding carboxylic acids is 2. The number of ether oxygens (including phenoxy) is 1. The Morgan fingerprint density at radius 2 is 1.93 bits per heavy atom. The van der Waals surface area contributed by atoms with Gasteiger partial charge in [0.05, 0.1) is 11.7 Å². The molecule has 1 aromatic heterocycles. The fourth-order valence-electron chi connectivity index (χ4n) is 3.01. The van der Waals surface area contributed by atoms with Gasteiger partial charge in [0.2, 0.25) is 5.91 Å². The molecule has 1 unspecified atom stereocenters. The molecule has 7 nitrogen and oxygen atoms in total. The molecular weight excluding hydrogens is 389 g/mol. The highest BCUT2D eigenvalue weighted by Gasteiger charge is 2.32. The number of amides is 3. The van der Waals surface area contributed by atoms with Crippen LogP contribution in [0.15, 0.2) is 42.6 Å². The molecule has 2 N–H and O–H groups in total. The summed E-state index contributed by atoms with van der Waals surface area (Å²) >= 11 is 0. The van der Waals surface area contributed by atoms with Crippen LogP contribution in [0.3, 0.4) is 0 Å². The van der Waals surface area contributed by atoms with Crippen molar-refractivity contribution in [2.45, 2.75) is 26.3 Å². The minimum atomic E-state index is -4.78. The Hall–Kier alpha value is -3.30. The molecule has 29 heavy (non-hydrogen) atoms. The van der Waals surface area contributed by atoms with Crippen LogP contribution in [0.2, 0.25) is 0 Å². The van der Waals surface area contributed by atoms with Crippen LogP contribution in [0, 0.1) is 5.92 Å². The van der Waals surface area contributed by atoms with Crippen LogP contribution >= 0.6 is 0 Å². The van der Waals surface area contributed by atoms with E-state index in [1.807, 2.05) is 13.8 Å². The first kappa shape index (κ1) is 20.4. The highest BCUT2D eigenvalue weighted by atomic mass is 19.4. The predicted molar refractivity (Wildman–Crippen MR) is 99.4 cm³/mol. The van der Waals surface area contributed by atoms with E-state index in [1.54, 1.807) is 12.1 Å². The van der Waals surface area contributed by atoms with E-state index in [9.17, 15) is 22.8 Å². The average molecular weight is 408 g/mol. The predicted octanol–water partition coefficient (Wildman–Crippen LogP) is 3.85. The molecule has 1 aromatic carbocycles. The summed E-state index contributed by atoms with van der Waals surface area (Å²) in [6.45, 7) is 3.53. The third-order valence-electron chi connectivity index (χ3n) is 4.28. The normalized spacial score (nSPS) is 14.8. The number of halogens is 3. The average Bonchev–Trinajstić information content (AvgIpc) is 2.64. The van der Waals surface area contributed by atoms with Crippen molar-refractivity contribution in [3.63, 3.8) is 0 Å². The number of nitrogens with zero attached hydrogens (tertiary/aromatic N) is 2. The van der Waals surface area contributed by atoms with Crippen LogP contribution in [-0.2, 0) is 4.79 Å². The second-order valence-electron chi connectivity index (χ2n) is 6.80. The molecule has 1 aliphatic rings. The topological polar surface area (TPSA) is 83.6 Å². The van der Waals surface area contributed by atoms with Gasteiger partial charge in [-0.1, -0.05) is 26.0 Å². The molecule has 0 radical (unpaired) electrons. The van der Waals surface area contributed by atoms with Crippen molar-refractivity contribution < 1.29 is 27.5 Å². The van der Waals surface area contributed by atoms with Crippen LogP contribution in [0.1, 0.15) is 25.5 Å². The molecular formula is C19H19F3N4O3. The van der Waals surface area contributed by atoms with Gasteiger partial charge in [-0.05, 0) is 35.7 Å². The summed E-state index contributed by atoms with van der Waals surface area (Å²) in [5, 5.41) is 5.48. The van der Waals surface area contributed by atoms with E-state index in [4.69, 9.17) is 0 Å². The van der Waals surface area contributed by atoms with Crippen molar-refractivity contribution >= 4 is 23.4 Å². The number of rotatable bonds is 4. The van der Waals surface area contributed by atoms with Crippen LogP contribution < -0.4 is 20.3 Å². The van der Waals surface area contributed by atoms with E-state index in [0.29, 0.717) is 17.1 Å². The smallest absolute Gasteiger partial charge is 0.406 e. The van der Waals surface area contributed by atoms with Crippen LogP contribution in [0.5, 0.6) is 5.75 Å². The van der Waals surface area contributed by atoms with Crippen molar-refractivity contribution in [3.05, 3.63) is 48.2 Å². The molecule has 10 heteroatoms. The van der Waals surface area contributed by atoms with Gasteiger partial charge >= 0.3 is 12.4 Å². The Morgan fingerprint density at radius 3 is 2.55 bits per heavy atom. The number of nitrogens with one attached hydrogen (secondary N) is 2. The monoisotopic (exact) mass is 408 g/mol. The van der Waals surface area contributed by atoms with E-state index in [0.717, 1.165) is 0 Å². The highest BCUT2D eigenvalue weighted by molar-refractivity contribution is 6.08. The van der Waals surface area contributed by atoms with Gasteiger partial charge in [0, 0.05) is 6.20 Å². The van der Waals surface area contributed by atoms with Crippen molar-refractivity contribution in [1.29, 1.82) is 0 Å². The molecule has 0 aliphatic carbocycles. The summed E-state index contributed by atoms with van der Waals surface area (Å²) in [5.74, 6) is -0.451. The fraction of sp³-hybridized carbons (Fsp3) is 0.316. The zero-order valence-electron chi connectivity index (χ0n) is 15.7. The Labute approximate surface area is 164 Å². The lowest BCUT2D eigenvalue weighted by atomic mass is 9.96. The number of aromatic nitrogens is 1. The zero-order chi connectivity index (χ0) is 21.2. The van der Waals surface area contributed by atoms with Gasteiger partial charge in [0.15, 0.2) is 5.82 Å². The van der Waals surface area contributed by atoms with E-state index < -0.39 is 18.4 Å². The highest BCUT2D eigenvalue weighted by Crippen LogP contribution is 2.29. The molecule has 2 heterocycles. The molecule has 0 saturated carbocycles. The maximum absolute atomic E-state index is 12.9. The number of alkyl halides is 3. The lowest BCUT2D eigenvalue weighted by molar-refractivity contribution is -0.274. The second-order valence-corrected chi connectivity index (χ2v) is 6.80. The summed E-state index contributed by atoms with van der Waals surface area (Å²) in [5.41, 5.74) is 1.03. The summed E-state index contributed by atoms with van der Waals surface area (Å²) in [7, 11) is 0. The van der Waals surface area contributed by atoms with Crippen LogP contribution in [-0.4, -0.2) is 29.8 Å². The number of anilines is 2. The number of carbonyl (C=O) groups is 2. The van der Waals surface area contributed by atoms with Crippen molar-refractivity contribution in [2.75, 3.05) is 16.8 Å². The number of pyridine rings is 1. The molecule has 154 valence electrons. The fourth-order valence-corrected chi connectivity index (χ4v) is 3.01. The van der Waals surface area contributed by atoms with E-state index in [1.165, 1.54) is 35.4 Å². The number of urea groups is 1. The van der Waals surface area contributed by atoms with E-state index >= 15 is 0 Å². The Kier molecular flexibility index (Phi) is 5.62. The van der Waals surface area contributed by atoms with Crippen LogP contribution in [0.4, 0.5) is 29.5 Å². The van der Waals surface area contributed by atoms with Crippen LogP contribution in [0.25, 0.3) is 0 Å². The molecule has 0 fully saturated rings. The van der Waals surface area contributed by atoms with Crippen molar-refractivity contribution in [3.8, 4) is 5.75 Å². The van der Waals surface area contributed by atoms with E-state index in [-0.39, 0.29) is 24.1 Å². The maximum atomic E-state index is 12.9. The first-order valence-corrected chi connectivity index (χ1v) is 8.82. The zero-order valence-corrected chi connectivity index (χ0v) is 15.7. The molecule has 3 rings (SSSR count). The van der Waals surface area contributed by atoms with Gasteiger partial charge in [-0.25, -0.2) is 9.78 Å². The maximum Gasteiger partial charge on any atom is 0.573 e. The van der Waals surface area contributed by atoms with Gasteiger partial charge in [-0.3, -0.25) is 9.69 Å². The standard InChI is InChI=1S/C19H19F3N4O3/c1-11(2)16(12-5-7-13(8-6-12)29-19(20,21)22)25-18(28)26-10-15(27)24-14-4-3-9-23-17(14)26/h3-9,11,16H,10H2,1-2H3,(H,24,27)(H,25,28). The van der Waals surface area contributed by atoms with Crippen molar-refractivity contribution in [2.24, 2.45) is 5.92 Å². The van der Waals surface area contributed by atoms with Gasteiger partial charge in [0.1, 0.15) is 12.3 Å². The summed E-state index contributed by atoms with van der Waals surface area (Å²) < 4.78 is 40.9. The van der Waals surface area contributed by atoms with Gasteiger partial charge in [-0.2, -0.15) is 0 Å². The Bertz CT molecular complexity index is 900. The van der Waals surface area contributed by atoms with Gasteiger partial charge < -0.3 is 15.4 Å². The van der Waals surface area contributed by atoms with Crippen molar-refractivity contribution in [1.82, 2.24) is 10.3 Å². The minimum absolute atomic E-state index is 0.0739. The summed E-state index contributed by atoms with van der Waals surface area (Å²) in [4.78, 5) is 30.2. The first-order valence-electron chi connectivity index (χ1n) is 8.82. The number of benzene rings is 1. The largest absolute Gasteiger partial charge is 0.573 e. The Morgan fingerprint density at radius 1 is 1.24 bits per heavy atom. The molecule has 0 saturated heterocycles. The Balaban J connectivity index is 1.79. The molecule has 2 aromatic rings. The third kappa shape index (κ3) is 4.95. The minimum Gasteiger partial charge on any atom is -0.406 e. The molecule has 0 bridgehead atoms. The SMILES string of the molecule is CC(C)C(NC(=O)N1CC(=O)Nc2cccnc21)c1ccc(OC(F)(F)F)cc1. The van der Waals surface area contributed by atoms with Gasteiger partial charge in [-0.15, -0.1) is 13.2 Å². The number of fused-ring (bicyclic) bond motifs is 1. The molecule has 1 aliphatic heterocycles. The molecule has 0 spiro atoms. The van der Waals surface area contributed by atoms with E-state index in [2.05, 4.69) is 20.4 Å². The number of hydrogen-bond acceptors (Lipinski definition) is 4. The lowest BCUT2D eigenvalue weighted by Gasteiger charge is -2.31. The second kappa shape index (κ2) is 7.98. The summed E-state index contributed by atoms with van der Waals surface area (Å²) in [6, 6.07) is 7.54.